The lowest BCUT2D eigenvalue weighted by Gasteiger charge is -2.32. The van der Waals surface area contributed by atoms with E-state index in [1.54, 1.807) is 25.1 Å². The summed E-state index contributed by atoms with van der Waals surface area (Å²) < 4.78 is 26.6. The maximum absolute atomic E-state index is 12.8. The predicted molar refractivity (Wildman–Crippen MR) is 86.8 cm³/mol. The summed E-state index contributed by atoms with van der Waals surface area (Å²) >= 11 is 0. The van der Waals surface area contributed by atoms with Crippen LogP contribution < -0.4 is 0 Å². The normalized spacial score (nSPS) is 27.4. The van der Waals surface area contributed by atoms with Gasteiger partial charge in [0.2, 0.25) is 10.0 Å². The Labute approximate surface area is 124 Å². The molecular weight excluding hydrogens is 286 g/mol. The van der Waals surface area contributed by atoms with Gasteiger partial charge < -0.3 is 0 Å². The monoisotopic (exact) mass is 311 g/mol. The van der Waals surface area contributed by atoms with Crippen molar-refractivity contribution in [2.24, 2.45) is 0 Å². The van der Waals surface area contributed by atoms with Crippen LogP contribution >= 0.6 is 0 Å². The van der Waals surface area contributed by atoms with E-state index in [0.717, 1.165) is 5.56 Å². The Morgan fingerprint density at radius 1 is 1.10 bits per heavy atom. The van der Waals surface area contributed by atoms with Gasteiger partial charge in [-0.25, -0.2) is 8.42 Å². The van der Waals surface area contributed by atoms with E-state index in [4.69, 9.17) is 0 Å². The average Bonchev–Trinajstić information content (AvgIpc) is 3.05. The minimum Gasteiger partial charge on any atom is -0.212 e. The fraction of sp³-hybridized carbons (Fsp3) is 0.600. The minimum atomic E-state index is -3.27. The number of nitrogens with zero attached hydrogens (tertiary/aromatic N) is 1. The molecule has 0 N–H and O–H groups in total. The van der Waals surface area contributed by atoms with Crippen molar-refractivity contribution < 1.29 is 8.42 Å². The second-order valence-corrected chi connectivity index (χ2v) is 15.5. The molecule has 0 bridgehead atoms. The minimum absolute atomic E-state index is 0.277. The van der Waals surface area contributed by atoms with Gasteiger partial charge in [-0.2, -0.15) is 4.31 Å². The zero-order valence-corrected chi connectivity index (χ0v) is 15.1. The third-order valence-electron chi connectivity index (χ3n) is 4.25. The molecule has 0 aromatic heterocycles. The third-order valence-corrected chi connectivity index (χ3v) is 10.2. The molecule has 1 fully saturated rings. The van der Waals surface area contributed by atoms with Gasteiger partial charge in [0.05, 0.1) is 18.0 Å². The van der Waals surface area contributed by atoms with Crippen molar-refractivity contribution in [3.05, 3.63) is 35.9 Å². The fourth-order valence-electron chi connectivity index (χ4n) is 2.79. The van der Waals surface area contributed by atoms with E-state index in [-0.39, 0.29) is 5.16 Å². The molecule has 0 radical (unpaired) electrons. The lowest BCUT2D eigenvalue weighted by Crippen LogP contribution is -2.46. The summed E-state index contributed by atoms with van der Waals surface area (Å²) in [5.41, 5.74) is 1.15. The zero-order chi connectivity index (χ0) is 15.4. The first-order valence-corrected chi connectivity index (χ1v) is 12.0. The fourth-order valence-corrected chi connectivity index (χ4v) is 8.03. The lowest BCUT2D eigenvalue weighted by molar-refractivity contribution is 0.508. The summed E-state index contributed by atoms with van der Waals surface area (Å²) in [4.78, 5) is 0. The van der Waals surface area contributed by atoms with Gasteiger partial charge >= 0.3 is 0 Å². The van der Waals surface area contributed by atoms with Crippen LogP contribution in [0.2, 0.25) is 19.6 Å². The van der Waals surface area contributed by atoms with Crippen molar-refractivity contribution in [3.63, 3.8) is 0 Å². The number of hydrogen-bond acceptors (Lipinski definition) is 2. The van der Waals surface area contributed by atoms with Crippen molar-refractivity contribution in [2.75, 3.05) is 6.54 Å². The first-order valence-electron chi connectivity index (χ1n) is 7.02. The quantitative estimate of drug-likeness (QED) is 0.635. The van der Waals surface area contributed by atoms with Crippen molar-refractivity contribution in [1.82, 2.24) is 4.31 Å². The zero-order valence-electron chi connectivity index (χ0n) is 13.3. The van der Waals surface area contributed by atoms with Crippen LogP contribution in [0.3, 0.4) is 0 Å². The summed E-state index contributed by atoms with van der Waals surface area (Å²) in [6.45, 7) is 12.7. The molecule has 0 amide bonds. The van der Waals surface area contributed by atoms with Crippen LogP contribution in [-0.4, -0.2) is 32.1 Å². The molecule has 1 saturated heterocycles. The Bertz CT molecular complexity index is 599. The van der Waals surface area contributed by atoms with E-state index in [0.29, 0.717) is 6.54 Å². The Hall–Kier alpha value is -0.653. The van der Waals surface area contributed by atoms with Gasteiger partial charge in [0.1, 0.15) is 0 Å². The smallest absolute Gasteiger partial charge is 0.212 e. The Balaban J connectivity index is 2.53. The molecule has 1 aromatic rings. The van der Waals surface area contributed by atoms with Crippen LogP contribution in [-0.2, 0) is 15.2 Å². The van der Waals surface area contributed by atoms with Gasteiger partial charge in [0.15, 0.2) is 0 Å². The maximum atomic E-state index is 12.8. The Morgan fingerprint density at radius 2 is 1.60 bits per heavy atom. The van der Waals surface area contributed by atoms with Crippen LogP contribution in [0.4, 0.5) is 0 Å². The third kappa shape index (κ3) is 2.16. The van der Waals surface area contributed by atoms with Crippen molar-refractivity contribution in [2.45, 2.75) is 50.3 Å². The van der Waals surface area contributed by atoms with Gasteiger partial charge in [0, 0.05) is 6.54 Å². The number of sulfonamides is 1. The molecule has 1 heterocycles. The molecule has 0 aliphatic carbocycles. The number of hydrogen-bond donors (Lipinski definition) is 0. The molecule has 2 unspecified atom stereocenters. The molecule has 3 nitrogen and oxygen atoms in total. The van der Waals surface area contributed by atoms with Gasteiger partial charge in [-0.05, 0) is 26.3 Å². The van der Waals surface area contributed by atoms with Crippen LogP contribution in [0, 0.1) is 0 Å². The van der Waals surface area contributed by atoms with Gasteiger partial charge in [-0.1, -0.05) is 50.0 Å². The van der Waals surface area contributed by atoms with Gasteiger partial charge in [-0.3, -0.25) is 0 Å². The molecular formula is C15H25NO2SSi. The average molecular weight is 312 g/mol. The highest BCUT2D eigenvalue weighted by atomic mass is 32.2. The van der Waals surface area contributed by atoms with Gasteiger partial charge in [0.25, 0.3) is 0 Å². The summed E-state index contributed by atoms with van der Waals surface area (Å²) in [5.74, 6) is 0. The van der Waals surface area contributed by atoms with Crippen molar-refractivity contribution >= 4 is 18.1 Å². The molecule has 1 aliphatic rings. The highest BCUT2D eigenvalue weighted by molar-refractivity contribution is 7.90. The molecule has 0 saturated carbocycles. The van der Waals surface area contributed by atoms with E-state index < -0.39 is 22.8 Å². The predicted octanol–water partition coefficient (Wildman–Crippen LogP) is 3.20. The second kappa shape index (κ2) is 4.42. The lowest BCUT2D eigenvalue weighted by atomic mass is 10.1. The first kappa shape index (κ1) is 15.7. The second-order valence-electron chi connectivity index (χ2n) is 7.60. The molecule has 1 aliphatic heterocycles. The summed E-state index contributed by atoms with van der Waals surface area (Å²) in [6, 6.07) is 10.1. The van der Waals surface area contributed by atoms with E-state index in [1.807, 2.05) is 18.2 Å². The number of benzene rings is 1. The summed E-state index contributed by atoms with van der Waals surface area (Å²) in [5, 5.41) is -0.277. The van der Waals surface area contributed by atoms with E-state index in [1.165, 1.54) is 0 Å². The molecule has 2 atom stereocenters. The summed E-state index contributed by atoms with van der Waals surface area (Å²) in [7, 11) is -4.99. The molecule has 1 aromatic carbocycles. The molecule has 112 valence electrons. The van der Waals surface area contributed by atoms with Crippen molar-refractivity contribution in [1.29, 1.82) is 0 Å². The summed E-state index contributed by atoms with van der Waals surface area (Å²) in [6.07, 6.45) is 0. The highest BCUT2D eigenvalue weighted by Gasteiger charge is 2.67. The Morgan fingerprint density at radius 3 is 2.00 bits per heavy atom. The van der Waals surface area contributed by atoms with Crippen LogP contribution in [0.1, 0.15) is 26.3 Å². The standard InChI is InChI=1S/C15H25NO2SSi/c1-14(2,3)19(17,18)16-12-15(16,20(4,5)6)13-10-8-7-9-11-13/h7-11H,12H2,1-6H3. The maximum Gasteiger partial charge on any atom is 0.219 e. The Kier molecular flexibility index (Phi) is 3.48. The largest absolute Gasteiger partial charge is 0.219 e. The molecule has 2 rings (SSSR count). The number of rotatable bonds is 3. The van der Waals surface area contributed by atoms with Crippen LogP contribution in [0.5, 0.6) is 0 Å². The van der Waals surface area contributed by atoms with E-state index in [9.17, 15) is 8.42 Å². The van der Waals surface area contributed by atoms with Crippen LogP contribution in [0.25, 0.3) is 0 Å². The van der Waals surface area contributed by atoms with Gasteiger partial charge in [-0.15, -0.1) is 0 Å². The topological polar surface area (TPSA) is 37.1 Å². The molecule has 0 spiro atoms. The van der Waals surface area contributed by atoms with Crippen molar-refractivity contribution in [3.8, 4) is 0 Å². The SMILES string of the molecule is CC(C)(C)S(=O)(=O)N1CC1(c1ccccc1)[Si](C)(C)C. The highest BCUT2D eigenvalue weighted by Crippen LogP contribution is 2.53. The van der Waals surface area contributed by atoms with E-state index in [2.05, 4.69) is 31.8 Å². The molecule has 20 heavy (non-hydrogen) atoms. The van der Waals surface area contributed by atoms with Crippen LogP contribution in [0.15, 0.2) is 30.3 Å². The molecule has 5 heteroatoms. The first-order chi connectivity index (χ1) is 8.94. The van der Waals surface area contributed by atoms with E-state index >= 15 is 0 Å².